The summed E-state index contributed by atoms with van der Waals surface area (Å²) in [5.74, 6) is -2.21. The van der Waals surface area contributed by atoms with Crippen LogP contribution in [-0.2, 0) is 16.4 Å². The Balaban J connectivity index is 1.92. The van der Waals surface area contributed by atoms with Crippen LogP contribution in [0.5, 0.6) is 0 Å². The number of rotatable bonds is 5. The number of carbonyl (C=O) groups is 2. The summed E-state index contributed by atoms with van der Waals surface area (Å²) in [7, 11) is -3.22. The molecule has 1 saturated heterocycles. The number of hydrogen-bond donors (Lipinski definition) is 1. The van der Waals surface area contributed by atoms with E-state index in [4.69, 9.17) is 5.73 Å². The third-order valence-corrected chi connectivity index (χ3v) is 6.49. The predicted molar refractivity (Wildman–Crippen MR) is 108 cm³/mol. The normalized spacial score (nSPS) is 15.6. The van der Waals surface area contributed by atoms with Crippen molar-refractivity contribution >= 4 is 27.3 Å². The number of hydrogen-bond acceptors (Lipinski definition) is 5. The number of nitrogens with two attached hydrogens (primary N) is 1. The van der Waals surface area contributed by atoms with Crippen molar-refractivity contribution in [1.82, 2.24) is 4.90 Å². The Morgan fingerprint density at radius 1 is 1.03 bits per heavy atom. The van der Waals surface area contributed by atoms with Gasteiger partial charge in [-0.2, -0.15) is 0 Å². The van der Waals surface area contributed by atoms with E-state index in [-0.39, 0.29) is 54.5 Å². The Labute approximate surface area is 173 Å². The van der Waals surface area contributed by atoms with E-state index in [9.17, 15) is 26.8 Å². The van der Waals surface area contributed by atoms with E-state index < -0.39 is 33.3 Å². The highest BCUT2D eigenvalue weighted by Gasteiger charge is 2.30. The third-order valence-electron chi connectivity index (χ3n) is 4.88. The highest BCUT2D eigenvalue weighted by Crippen LogP contribution is 2.24. The van der Waals surface area contributed by atoms with Gasteiger partial charge in [0.05, 0.1) is 30.3 Å². The van der Waals surface area contributed by atoms with Gasteiger partial charge < -0.3 is 10.6 Å². The average molecular weight is 437 g/mol. The molecule has 2 amide bonds. The molecule has 30 heavy (non-hydrogen) atoms. The maximum Gasteiger partial charge on any atom is 0.324 e. The molecule has 0 bridgehead atoms. The van der Waals surface area contributed by atoms with Crippen LogP contribution in [0, 0.1) is 11.6 Å². The molecule has 0 unspecified atom stereocenters. The quantitative estimate of drug-likeness (QED) is 0.721. The van der Waals surface area contributed by atoms with Gasteiger partial charge in [-0.3, -0.25) is 9.69 Å². The molecule has 0 radical (unpaired) electrons. The first-order chi connectivity index (χ1) is 14.2. The molecule has 0 atom stereocenters. The fourth-order valence-electron chi connectivity index (χ4n) is 3.14. The Morgan fingerprint density at radius 2 is 1.70 bits per heavy atom. The van der Waals surface area contributed by atoms with E-state index >= 15 is 0 Å². The molecular weight excluding hydrogens is 416 g/mol. The number of Topliss-reactive ketones (excluding diaryl/α,β-unsaturated/α-hetero) is 1. The standard InChI is InChI=1S/C20H21F2N3O4S/c21-16-3-1-2-4-18(16)25(20(27)24-7-9-30(28,29)10-8-24)13-15-6-5-14(11-17(15)22)19(26)12-23/h1-6,11H,7-10,12-13,23H2. The van der Waals surface area contributed by atoms with Gasteiger partial charge in [-0.15, -0.1) is 0 Å². The molecule has 2 aromatic carbocycles. The number of urea groups is 1. The van der Waals surface area contributed by atoms with Gasteiger partial charge in [0, 0.05) is 24.2 Å². The molecule has 2 N–H and O–H groups in total. The summed E-state index contributed by atoms with van der Waals surface area (Å²) in [6.45, 7) is -0.625. The summed E-state index contributed by atoms with van der Waals surface area (Å²) in [4.78, 5) is 27.1. The second kappa shape index (κ2) is 8.88. The second-order valence-corrected chi connectivity index (χ2v) is 9.20. The van der Waals surface area contributed by atoms with Crippen molar-refractivity contribution in [3.63, 3.8) is 0 Å². The lowest BCUT2D eigenvalue weighted by atomic mass is 10.1. The summed E-state index contributed by atoms with van der Waals surface area (Å²) < 4.78 is 52.4. The number of para-hydroxylation sites is 1. The van der Waals surface area contributed by atoms with Gasteiger partial charge in [0.1, 0.15) is 11.6 Å². The number of benzene rings is 2. The van der Waals surface area contributed by atoms with Crippen LogP contribution in [0.2, 0.25) is 0 Å². The fraction of sp³-hybridized carbons (Fsp3) is 0.300. The molecule has 0 aliphatic carbocycles. The van der Waals surface area contributed by atoms with Crippen LogP contribution >= 0.6 is 0 Å². The molecule has 0 aromatic heterocycles. The van der Waals surface area contributed by atoms with Gasteiger partial charge in [0.15, 0.2) is 15.6 Å². The van der Waals surface area contributed by atoms with E-state index in [2.05, 4.69) is 0 Å². The van der Waals surface area contributed by atoms with Gasteiger partial charge in [-0.1, -0.05) is 24.3 Å². The SMILES string of the molecule is NCC(=O)c1ccc(CN(C(=O)N2CCS(=O)(=O)CC2)c2ccccc2F)c(F)c1. The number of ketones is 1. The number of nitrogens with zero attached hydrogens (tertiary/aromatic N) is 2. The van der Waals surface area contributed by atoms with Crippen molar-refractivity contribution in [3.8, 4) is 0 Å². The molecular formula is C20H21F2N3O4S. The fourth-order valence-corrected chi connectivity index (χ4v) is 4.34. The highest BCUT2D eigenvalue weighted by atomic mass is 32.2. The minimum atomic E-state index is -3.22. The third kappa shape index (κ3) is 4.82. The molecule has 2 aromatic rings. The van der Waals surface area contributed by atoms with Crippen LogP contribution < -0.4 is 10.6 Å². The summed E-state index contributed by atoms with van der Waals surface area (Å²) in [5, 5.41) is 0. The molecule has 7 nitrogen and oxygen atoms in total. The van der Waals surface area contributed by atoms with Gasteiger partial charge in [0.25, 0.3) is 0 Å². The molecule has 0 saturated carbocycles. The summed E-state index contributed by atoms with van der Waals surface area (Å²) in [6, 6.07) is 8.71. The number of amides is 2. The van der Waals surface area contributed by atoms with Crippen LogP contribution in [0.25, 0.3) is 0 Å². The average Bonchev–Trinajstić information content (AvgIpc) is 2.72. The van der Waals surface area contributed by atoms with Gasteiger partial charge in [-0.25, -0.2) is 22.0 Å². The molecule has 1 heterocycles. The summed E-state index contributed by atoms with van der Waals surface area (Å²) >= 11 is 0. The maximum absolute atomic E-state index is 14.6. The van der Waals surface area contributed by atoms with Crippen molar-refractivity contribution in [2.75, 3.05) is 36.0 Å². The van der Waals surface area contributed by atoms with E-state index in [0.717, 1.165) is 11.0 Å². The largest absolute Gasteiger partial charge is 0.324 e. The van der Waals surface area contributed by atoms with Crippen LogP contribution in [-0.4, -0.2) is 56.3 Å². The van der Waals surface area contributed by atoms with Gasteiger partial charge in [0.2, 0.25) is 0 Å². The lowest BCUT2D eigenvalue weighted by Gasteiger charge is -2.33. The van der Waals surface area contributed by atoms with Crippen LogP contribution in [0.15, 0.2) is 42.5 Å². The van der Waals surface area contributed by atoms with Crippen LogP contribution in [0.1, 0.15) is 15.9 Å². The number of carbonyl (C=O) groups excluding carboxylic acids is 2. The van der Waals surface area contributed by atoms with E-state index in [1.54, 1.807) is 6.07 Å². The van der Waals surface area contributed by atoms with E-state index in [1.807, 2.05) is 0 Å². The molecule has 160 valence electrons. The smallest absolute Gasteiger partial charge is 0.324 e. The predicted octanol–water partition coefficient (Wildman–Crippen LogP) is 1.96. The van der Waals surface area contributed by atoms with Crippen LogP contribution in [0.3, 0.4) is 0 Å². The monoisotopic (exact) mass is 437 g/mol. The lowest BCUT2D eigenvalue weighted by molar-refractivity contribution is 0.100. The minimum absolute atomic E-state index is 0.0292. The molecule has 3 rings (SSSR count). The molecule has 1 fully saturated rings. The Hall–Kier alpha value is -2.85. The molecule has 10 heteroatoms. The van der Waals surface area contributed by atoms with Crippen molar-refractivity contribution in [2.24, 2.45) is 5.73 Å². The first-order valence-electron chi connectivity index (χ1n) is 9.25. The summed E-state index contributed by atoms with van der Waals surface area (Å²) in [6.07, 6.45) is 0. The highest BCUT2D eigenvalue weighted by molar-refractivity contribution is 7.91. The molecule has 1 aliphatic heterocycles. The topological polar surface area (TPSA) is 101 Å². The van der Waals surface area contributed by atoms with Gasteiger partial charge >= 0.3 is 6.03 Å². The zero-order chi connectivity index (χ0) is 21.9. The Bertz CT molecular complexity index is 1060. The first kappa shape index (κ1) is 21.8. The second-order valence-electron chi connectivity index (χ2n) is 6.89. The van der Waals surface area contributed by atoms with Gasteiger partial charge in [-0.05, 0) is 18.2 Å². The number of sulfone groups is 1. The summed E-state index contributed by atoms with van der Waals surface area (Å²) in [5.41, 5.74) is 5.41. The number of halogens is 2. The van der Waals surface area contributed by atoms with E-state index in [0.29, 0.717) is 0 Å². The molecule has 0 spiro atoms. The first-order valence-corrected chi connectivity index (χ1v) is 11.1. The maximum atomic E-state index is 14.6. The van der Waals surface area contributed by atoms with Crippen molar-refractivity contribution in [3.05, 3.63) is 65.2 Å². The van der Waals surface area contributed by atoms with E-state index in [1.165, 1.54) is 35.2 Å². The van der Waals surface area contributed by atoms with Crippen molar-refractivity contribution in [2.45, 2.75) is 6.54 Å². The Kier molecular flexibility index (Phi) is 6.47. The Morgan fingerprint density at radius 3 is 2.30 bits per heavy atom. The number of anilines is 1. The lowest BCUT2D eigenvalue weighted by Crippen LogP contribution is -2.50. The van der Waals surface area contributed by atoms with Crippen LogP contribution in [0.4, 0.5) is 19.3 Å². The molecule has 1 aliphatic rings. The zero-order valence-electron chi connectivity index (χ0n) is 16.1. The van der Waals surface area contributed by atoms with Crippen molar-refractivity contribution in [1.29, 1.82) is 0 Å². The minimum Gasteiger partial charge on any atom is -0.324 e. The van der Waals surface area contributed by atoms with Crippen molar-refractivity contribution < 1.29 is 26.8 Å². The zero-order valence-corrected chi connectivity index (χ0v) is 16.9.